The van der Waals surface area contributed by atoms with Crippen molar-refractivity contribution in [3.63, 3.8) is 0 Å². The van der Waals surface area contributed by atoms with Crippen molar-refractivity contribution in [3.05, 3.63) is 85.3 Å². The molecule has 0 bridgehead atoms. The average molecular weight is 378 g/mol. The summed E-state index contributed by atoms with van der Waals surface area (Å²) in [5, 5.41) is 9.93. The monoisotopic (exact) mass is 378 g/mol. The van der Waals surface area contributed by atoms with Crippen LogP contribution in [-0.2, 0) is 0 Å². The fraction of sp³-hybridized carbons (Fsp3) is 0. The van der Waals surface area contributed by atoms with Gasteiger partial charge < -0.3 is 16.4 Å². The highest BCUT2D eigenvalue weighted by molar-refractivity contribution is 5.97. The number of pyridine rings is 1. The third-order valence-electron chi connectivity index (χ3n) is 4.81. The van der Waals surface area contributed by atoms with E-state index in [4.69, 9.17) is 5.73 Å². The van der Waals surface area contributed by atoms with Crippen LogP contribution in [0.5, 0.6) is 0 Å². The number of para-hydroxylation sites is 1. The van der Waals surface area contributed by atoms with E-state index >= 15 is 0 Å². The molecule has 6 nitrogen and oxygen atoms in total. The Kier molecular flexibility index (Phi) is 4.14. The Labute approximate surface area is 167 Å². The molecule has 5 rings (SSSR count). The van der Waals surface area contributed by atoms with E-state index in [1.807, 2.05) is 54.6 Å². The summed E-state index contributed by atoms with van der Waals surface area (Å²) < 4.78 is 0. The number of nitrogens with one attached hydrogen (secondary N) is 2. The van der Waals surface area contributed by atoms with Crippen LogP contribution in [0.1, 0.15) is 0 Å². The van der Waals surface area contributed by atoms with Crippen molar-refractivity contribution in [2.24, 2.45) is 0 Å². The van der Waals surface area contributed by atoms with Gasteiger partial charge in [0.15, 0.2) is 11.6 Å². The molecular formula is C23H18N6. The molecule has 2 aromatic heterocycles. The maximum Gasteiger partial charge on any atom is 0.159 e. The van der Waals surface area contributed by atoms with Crippen molar-refractivity contribution in [1.82, 2.24) is 15.0 Å². The second-order valence-electron chi connectivity index (χ2n) is 6.64. The van der Waals surface area contributed by atoms with Gasteiger partial charge in [-0.05, 0) is 23.6 Å². The summed E-state index contributed by atoms with van der Waals surface area (Å²) in [6.45, 7) is 0. The third kappa shape index (κ3) is 3.17. The Bertz CT molecular complexity index is 1220. The molecule has 5 aromatic rings. The smallest absolute Gasteiger partial charge is 0.159 e. The maximum absolute atomic E-state index is 6.40. The highest BCUT2D eigenvalue weighted by Crippen LogP contribution is 2.32. The van der Waals surface area contributed by atoms with Crippen molar-refractivity contribution in [2.45, 2.75) is 0 Å². The fourth-order valence-electron chi connectivity index (χ4n) is 3.39. The van der Waals surface area contributed by atoms with E-state index in [0.29, 0.717) is 17.3 Å². The molecule has 0 fully saturated rings. The van der Waals surface area contributed by atoms with E-state index in [1.54, 1.807) is 6.20 Å². The fourth-order valence-corrected chi connectivity index (χ4v) is 3.39. The summed E-state index contributed by atoms with van der Waals surface area (Å²) in [4.78, 5) is 13.1. The number of nitrogen functional groups attached to an aromatic ring is 1. The zero-order valence-corrected chi connectivity index (χ0v) is 15.5. The summed E-state index contributed by atoms with van der Waals surface area (Å²) >= 11 is 0. The lowest BCUT2D eigenvalue weighted by Crippen LogP contribution is -2.05. The van der Waals surface area contributed by atoms with E-state index in [9.17, 15) is 0 Å². The summed E-state index contributed by atoms with van der Waals surface area (Å²) in [5.41, 5.74) is 9.47. The molecular weight excluding hydrogens is 360 g/mol. The highest BCUT2D eigenvalue weighted by atomic mass is 15.1. The summed E-state index contributed by atoms with van der Waals surface area (Å²) in [7, 11) is 0. The molecule has 0 aliphatic carbocycles. The quantitative estimate of drug-likeness (QED) is 0.396. The van der Waals surface area contributed by atoms with Crippen LogP contribution in [0, 0.1) is 0 Å². The molecule has 0 amide bonds. The lowest BCUT2D eigenvalue weighted by atomic mass is 10.1. The first-order valence-electron chi connectivity index (χ1n) is 9.25. The van der Waals surface area contributed by atoms with Gasteiger partial charge in [-0.1, -0.05) is 54.6 Å². The van der Waals surface area contributed by atoms with Gasteiger partial charge in [-0.3, -0.25) is 4.98 Å². The van der Waals surface area contributed by atoms with Crippen molar-refractivity contribution < 1.29 is 0 Å². The van der Waals surface area contributed by atoms with Crippen LogP contribution in [0.3, 0.4) is 0 Å². The summed E-state index contributed by atoms with van der Waals surface area (Å²) in [5.74, 6) is 1.08. The Balaban J connectivity index is 1.52. The standard InChI is InChI=1S/C23H18N6/c24-20-22(28-18-11-3-7-15-6-1-2-10-17(15)18)26-14-27-23(20)29-19-12-4-8-16-9-5-13-25-21(16)19/h1-14H,24H2,(H2,26,27,28,29). The topological polar surface area (TPSA) is 88.8 Å². The Morgan fingerprint density at radius 2 is 1.28 bits per heavy atom. The van der Waals surface area contributed by atoms with Crippen LogP contribution >= 0.6 is 0 Å². The van der Waals surface area contributed by atoms with Crippen molar-refractivity contribution in [1.29, 1.82) is 0 Å². The molecule has 4 N–H and O–H groups in total. The van der Waals surface area contributed by atoms with Gasteiger partial charge in [0.25, 0.3) is 0 Å². The number of aromatic nitrogens is 3. The van der Waals surface area contributed by atoms with Gasteiger partial charge >= 0.3 is 0 Å². The van der Waals surface area contributed by atoms with Crippen molar-refractivity contribution >= 4 is 50.4 Å². The largest absolute Gasteiger partial charge is 0.393 e. The zero-order valence-electron chi connectivity index (χ0n) is 15.5. The van der Waals surface area contributed by atoms with Gasteiger partial charge in [-0.25, -0.2) is 9.97 Å². The van der Waals surface area contributed by atoms with Gasteiger partial charge in [0.1, 0.15) is 12.0 Å². The number of anilines is 5. The number of hydrogen-bond donors (Lipinski definition) is 3. The highest BCUT2D eigenvalue weighted by Gasteiger charge is 2.11. The van der Waals surface area contributed by atoms with E-state index in [-0.39, 0.29) is 0 Å². The Morgan fingerprint density at radius 3 is 2.14 bits per heavy atom. The molecule has 0 spiro atoms. The van der Waals surface area contributed by atoms with Crippen LogP contribution < -0.4 is 16.4 Å². The second-order valence-corrected chi connectivity index (χ2v) is 6.64. The predicted molar refractivity (Wildman–Crippen MR) is 119 cm³/mol. The number of benzene rings is 3. The molecule has 0 aliphatic rings. The minimum absolute atomic E-state index is 0.438. The van der Waals surface area contributed by atoms with Crippen molar-refractivity contribution in [3.8, 4) is 0 Å². The first kappa shape index (κ1) is 16.9. The molecule has 2 heterocycles. The lowest BCUT2D eigenvalue weighted by molar-refractivity contribution is 1.17. The maximum atomic E-state index is 6.40. The SMILES string of the molecule is Nc1c(Nc2cccc3ccccc23)ncnc1Nc1cccc2cccnc12. The first-order valence-corrected chi connectivity index (χ1v) is 9.25. The molecule has 29 heavy (non-hydrogen) atoms. The zero-order chi connectivity index (χ0) is 19.6. The molecule has 0 unspecified atom stereocenters. The minimum Gasteiger partial charge on any atom is -0.393 e. The third-order valence-corrected chi connectivity index (χ3v) is 4.81. The number of rotatable bonds is 4. The molecule has 0 saturated heterocycles. The predicted octanol–water partition coefficient (Wildman–Crippen LogP) is 5.25. The van der Waals surface area contributed by atoms with Crippen molar-refractivity contribution in [2.75, 3.05) is 16.4 Å². The number of nitrogens with two attached hydrogens (primary N) is 1. The lowest BCUT2D eigenvalue weighted by Gasteiger charge is -2.14. The Morgan fingerprint density at radius 1 is 0.621 bits per heavy atom. The normalized spacial score (nSPS) is 10.9. The van der Waals surface area contributed by atoms with E-state index in [1.165, 1.54) is 6.33 Å². The number of hydrogen-bond acceptors (Lipinski definition) is 6. The molecule has 3 aromatic carbocycles. The summed E-state index contributed by atoms with van der Waals surface area (Å²) in [6, 6.07) is 24.1. The minimum atomic E-state index is 0.438. The molecule has 0 atom stereocenters. The van der Waals surface area contributed by atoms with Crippen LogP contribution in [0.4, 0.5) is 28.7 Å². The Hall–Kier alpha value is -4.19. The van der Waals surface area contributed by atoms with Gasteiger partial charge in [0, 0.05) is 22.7 Å². The van der Waals surface area contributed by atoms with Crippen LogP contribution in [-0.4, -0.2) is 15.0 Å². The molecule has 0 radical (unpaired) electrons. The van der Waals surface area contributed by atoms with Gasteiger partial charge in [-0.2, -0.15) is 0 Å². The second kappa shape index (κ2) is 7.09. The van der Waals surface area contributed by atoms with Gasteiger partial charge in [-0.15, -0.1) is 0 Å². The van der Waals surface area contributed by atoms with Gasteiger partial charge in [0.2, 0.25) is 0 Å². The first-order chi connectivity index (χ1) is 14.3. The van der Waals surface area contributed by atoms with Crippen LogP contribution in [0.15, 0.2) is 85.3 Å². The van der Waals surface area contributed by atoms with Crippen LogP contribution in [0.25, 0.3) is 21.7 Å². The molecule has 0 aliphatic heterocycles. The van der Waals surface area contributed by atoms with Gasteiger partial charge in [0.05, 0.1) is 11.2 Å². The van der Waals surface area contributed by atoms with E-state index in [2.05, 4.69) is 43.8 Å². The molecule has 6 heteroatoms. The summed E-state index contributed by atoms with van der Waals surface area (Å²) in [6.07, 6.45) is 3.26. The average Bonchev–Trinajstić information content (AvgIpc) is 2.77. The van der Waals surface area contributed by atoms with E-state index < -0.39 is 0 Å². The molecule has 140 valence electrons. The number of fused-ring (bicyclic) bond motifs is 2. The van der Waals surface area contributed by atoms with E-state index in [0.717, 1.165) is 33.1 Å². The number of nitrogens with zero attached hydrogens (tertiary/aromatic N) is 3. The van der Waals surface area contributed by atoms with Crippen LogP contribution in [0.2, 0.25) is 0 Å². The molecule has 0 saturated carbocycles.